The first-order chi connectivity index (χ1) is 35.6. The number of furan rings is 1. The summed E-state index contributed by atoms with van der Waals surface area (Å²) in [7, 11) is 0. The third-order valence-corrected chi connectivity index (χ3v) is 15.1. The van der Waals surface area contributed by atoms with E-state index < -0.39 is 0 Å². The third kappa shape index (κ3) is 6.20. The van der Waals surface area contributed by atoms with E-state index >= 15 is 0 Å². The highest BCUT2D eigenvalue weighted by Gasteiger charge is 2.34. The van der Waals surface area contributed by atoms with Crippen LogP contribution >= 0.6 is 0 Å². The van der Waals surface area contributed by atoms with Crippen LogP contribution in [0.2, 0.25) is 0 Å². The Morgan fingerprint density at radius 3 is 1.67 bits per heavy atom. The minimum Gasteiger partial charge on any atom is -0.485 e. The molecule has 340 valence electrons. The highest BCUT2D eigenvalue weighted by atomic mass is 16.5. The molecule has 13 aromatic rings. The molecule has 0 amide bonds. The third-order valence-electron chi connectivity index (χ3n) is 15.1. The molecule has 1 aliphatic heterocycles. The van der Waals surface area contributed by atoms with Crippen LogP contribution in [0.15, 0.2) is 241 Å². The van der Waals surface area contributed by atoms with Gasteiger partial charge in [-0.1, -0.05) is 127 Å². The summed E-state index contributed by atoms with van der Waals surface area (Å²) in [6, 6.07) is 70.6. The van der Waals surface area contributed by atoms with E-state index in [9.17, 15) is 0 Å². The van der Waals surface area contributed by atoms with Crippen molar-refractivity contribution in [1.29, 1.82) is 0 Å². The number of aromatic nitrogens is 3. The van der Waals surface area contributed by atoms with E-state index in [1.165, 1.54) is 65.6 Å². The van der Waals surface area contributed by atoms with Gasteiger partial charge in [-0.2, -0.15) is 0 Å². The lowest BCUT2D eigenvalue weighted by atomic mass is 9.88. The van der Waals surface area contributed by atoms with Crippen LogP contribution in [0.5, 0.6) is 5.75 Å². The Morgan fingerprint density at radius 1 is 0.458 bits per heavy atom. The molecule has 0 N–H and O–H groups in total. The zero-order valence-electron chi connectivity index (χ0n) is 39.4. The van der Waals surface area contributed by atoms with Crippen molar-refractivity contribution in [2.24, 2.45) is 0 Å². The van der Waals surface area contributed by atoms with Gasteiger partial charge in [-0.3, -0.25) is 0 Å². The lowest BCUT2D eigenvalue weighted by molar-refractivity contribution is 0.269. The van der Waals surface area contributed by atoms with Crippen LogP contribution < -0.4 is 4.74 Å². The van der Waals surface area contributed by atoms with Crippen LogP contribution in [-0.4, -0.2) is 19.8 Å². The Balaban J connectivity index is 0.888. The molecular weight excluding hydrogens is 879 g/mol. The number of fused-ring (bicyclic) bond motifs is 13. The number of hydrogen-bond acceptors (Lipinski definition) is 2. The Kier molecular flexibility index (Phi) is 8.93. The highest BCUT2D eigenvalue weighted by molar-refractivity contribution is 6.12. The van der Waals surface area contributed by atoms with Crippen molar-refractivity contribution in [3.8, 4) is 39.4 Å². The van der Waals surface area contributed by atoms with Crippen molar-refractivity contribution < 1.29 is 9.15 Å². The smallest absolute Gasteiger partial charge is 0.135 e. The van der Waals surface area contributed by atoms with Crippen molar-refractivity contribution in [1.82, 2.24) is 13.7 Å². The largest absolute Gasteiger partial charge is 0.485 e. The molecule has 15 rings (SSSR count). The van der Waals surface area contributed by atoms with Crippen LogP contribution in [0.1, 0.15) is 24.0 Å². The minimum absolute atomic E-state index is 0.0484. The molecule has 0 spiro atoms. The van der Waals surface area contributed by atoms with Crippen molar-refractivity contribution in [3.05, 3.63) is 248 Å². The quantitative estimate of drug-likeness (QED) is 0.149. The summed E-state index contributed by atoms with van der Waals surface area (Å²) in [5.41, 5.74) is 17.8. The Morgan fingerprint density at radius 2 is 1.01 bits per heavy atom. The van der Waals surface area contributed by atoms with Gasteiger partial charge in [0.2, 0.25) is 0 Å². The lowest BCUT2D eigenvalue weighted by Crippen LogP contribution is -2.18. The first-order valence-corrected chi connectivity index (χ1v) is 24.8. The standard InChI is InChI=1S/C67H45N3O2/c1-2-3-4-15-44-41-68(59-21-10-5-16-50(44)59)47-28-32-66-57(39-47)55-37-42(26-30-64(55)71-66)45-34-46(36-49(35-45)70-62-24-13-8-19-53(62)54-20-9-14-25-63(54)70)43-27-31-65-56(38-43)58-40-48(29-33-67(58)72-65)69-60-22-11-6-17-51(60)52-18-7-12-23-61(52)69/h2-41,57,66H,1H3/b3-2-,15-4-. The average molecular weight is 924 g/mol. The molecular formula is C67H45N3O2. The summed E-state index contributed by atoms with van der Waals surface area (Å²) in [6.07, 6.45) is 17.4. The van der Waals surface area contributed by atoms with Gasteiger partial charge in [-0.05, 0) is 138 Å². The fourth-order valence-electron chi connectivity index (χ4n) is 11.8. The van der Waals surface area contributed by atoms with Gasteiger partial charge < -0.3 is 22.9 Å². The first kappa shape index (κ1) is 40.6. The summed E-state index contributed by atoms with van der Waals surface area (Å²) in [5, 5.41) is 8.34. The van der Waals surface area contributed by atoms with Gasteiger partial charge in [-0.25, -0.2) is 0 Å². The van der Waals surface area contributed by atoms with Crippen molar-refractivity contribution in [2.75, 3.05) is 0 Å². The van der Waals surface area contributed by atoms with E-state index in [1.54, 1.807) is 0 Å². The van der Waals surface area contributed by atoms with Crippen LogP contribution in [0.3, 0.4) is 0 Å². The highest BCUT2D eigenvalue weighted by Crippen LogP contribution is 2.46. The number of benzene rings is 9. The number of hydrogen-bond donors (Lipinski definition) is 0. The summed E-state index contributed by atoms with van der Waals surface area (Å²) >= 11 is 0. The van der Waals surface area contributed by atoms with E-state index in [4.69, 9.17) is 9.15 Å². The zero-order valence-corrected chi connectivity index (χ0v) is 39.4. The normalized spacial score (nSPS) is 15.6. The predicted molar refractivity (Wildman–Crippen MR) is 300 cm³/mol. The second-order valence-electron chi connectivity index (χ2n) is 19.2. The van der Waals surface area contributed by atoms with Gasteiger partial charge in [0.05, 0.1) is 27.6 Å². The number of allylic oxidation sites excluding steroid dienone is 5. The van der Waals surface area contributed by atoms with Crippen molar-refractivity contribution >= 4 is 88.2 Å². The minimum atomic E-state index is -0.0821. The second-order valence-corrected chi connectivity index (χ2v) is 19.2. The van der Waals surface area contributed by atoms with E-state index in [2.05, 4.69) is 257 Å². The molecule has 0 bridgehead atoms. The van der Waals surface area contributed by atoms with Gasteiger partial charge in [0.25, 0.3) is 0 Å². The van der Waals surface area contributed by atoms with Crippen LogP contribution in [0, 0.1) is 0 Å². The van der Waals surface area contributed by atoms with Crippen LogP contribution in [0.4, 0.5) is 0 Å². The van der Waals surface area contributed by atoms with Crippen molar-refractivity contribution in [2.45, 2.75) is 18.9 Å². The summed E-state index contributed by atoms with van der Waals surface area (Å²) in [6.45, 7) is 2.04. The number of rotatable bonds is 7. The molecule has 9 aromatic carbocycles. The molecule has 2 aliphatic rings. The van der Waals surface area contributed by atoms with Crippen LogP contribution in [0.25, 0.3) is 122 Å². The number of ether oxygens (including phenoxy) is 1. The summed E-state index contributed by atoms with van der Waals surface area (Å²) in [4.78, 5) is 0. The maximum atomic E-state index is 6.68. The molecule has 5 heteroatoms. The Labute approximate surface area is 415 Å². The average Bonchev–Trinajstić information content (AvgIpc) is 4.25. The van der Waals surface area contributed by atoms with E-state index in [0.29, 0.717) is 0 Å². The summed E-state index contributed by atoms with van der Waals surface area (Å²) in [5.74, 6) is 0.979. The van der Waals surface area contributed by atoms with E-state index in [-0.39, 0.29) is 12.0 Å². The van der Waals surface area contributed by atoms with Crippen LogP contribution in [-0.2, 0) is 0 Å². The molecule has 72 heavy (non-hydrogen) atoms. The molecule has 2 unspecified atom stereocenters. The molecule has 1 aliphatic carbocycles. The molecule has 0 saturated heterocycles. The molecule has 5 heterocycles. The van der Waals surface area contributed by atoms with E-state index in [0.717, 1.165) is 67.0 Å². The molecule has 0 radical (unpaired) electrons. The molecule has 0 saturated carbocycles. The predicted octanol–water partition coefficient (Wildman–Crippen LogP) is 17.6. The van der Waals surface area contributed by atoms with Gasteiger partial charge in [0, 0.05) is 78.0 Å². The fraction of sp³-hybridized carbons (Fsp3) is 0.0448. The summed E-state index contributed by atoms with van der Waals surface area (Å²) < 4.78 is 20.4. The molecule has 5 nitrogen and oxygen atoms in total. The Bertz CT molecular complexity index is 4420. The van der Waals surface area contributed by atoms with E-state index in [1.807, 2.05) is 6.92 Å². The lowest BCUT2D eigenvalue weighted by Gasteiger charge is -2.20. The fourth-order valence-corrected chi connectivity index (χ4v) is 11.8. The SMILES string of the molecule is C/C=C\C=C/c1cn(C2=CC3c4cc(-c5cc(-c6ccc7oc8ccc(-n9c%10ccccc%10c%10ccccc%109)cc8c7c6)cc(-n6c7ccccc7c7ccccc76)c5)ccc4OC3C=C2)c2ccccc12. The topological polar surface area (TPSA) is 37.2 Å². The first-order valence-electron chi connectivity index (χ1n) is 24.8. The maximum absolute atomic E-state index is 6.68. The second kappa shape index (κ2) is 15.9. The molecule has 4 aromatic heterocycles. The van der Waals surface area contributed by atoms with Gasteiger partial charge in [0.1, 0.15) is 23.0 Å². The zero-order chi connectivity index (χ0) is 47.4. The molecule has 2 atom stereocenters. The monoisotopic (exact) mass is 923 g/mol. The van der Waals surface area contributed by atoms with Gasteiger partial charge in [-0.15, -0.1) is 0 Å². The van der Waals surface area contributed by atoms with Crippen molar-refractivity contribution in [3.63, 3.8) is 0 Å². The van der Waals surface area contributed by atoms with Gasteiger partial charge in [0.15, 0.2) is 0 Å². The maximum Gasteiger partial charge on any atom is 0.135 e. The number of nitrogens with zero attached hydrogens (tertiary/aromatic N) is 3. The van der Waals surface area contributed by atoms with Gasteiger partial charge >= 0.3 is 0 Å². The number of para-hydroxylation sites is 5. The Hall–Kier alpha value is -9.32. The molecule has 0 fully saturated rings.